The highest BCUT2D eigenvalue weighted by Gasteiger charge is 2.34. The molecular formula is C17H22N2O7S. The van der Waals surface area contributed by atoms with E-state index in [9.17, 15) is 28.1 Å². The Morgan fingerprint density at radius 1 is 1.37 bits per heavy atom. The molecule has 1 amide bonds. The third-order valence-electron chi connectivity index (χ3n) is 4.34. The molecule has 0 unspecified atom stereocenters. The van der Waals surface area contributed by atoms with Crippen LogP contribution in [0.3, 0.4) is 0 Å². The van der Waals surface area contributed by atoms with Crippen molar-refractivity contribution < 1.29 is 27.7 Å². The van der Waals surface area contributed by atoms with Gasteiger partial charge in [0.05, 0.1) is 22.0 Å². The maximum Gasteiger partial charge on any atom is 0.338 e. The largest absolute Gasteiger partial charge is 0.452 e. The molecule has 1 saturated heterocycles. The Morgan fingerprint density at radius 2 is 2.11 bits per heavy atom. The van der Waals surface area contributed by atoms with E-state index < -0.39 is 39.3 Å². The number of unbranched alkanes of at least 4 members (excludes halogenated alkanes) is 1. The number of sulfone groups is 1. The first-order valence-electron chi connectivity index (χ1n) is 8.65. The number of hydrogen-bond acceptors (Lipinski definition) is 7. The van der Waals surface area contributed by atoms with Gasteiger partial charge in [0.2, 0.25) is 0 Å². The van der Waals surface area contributed by atoms with Gasteiger partial charge in [-0.3, -0.25) is 14.9 Å². The summed E-state index contributed by atoms with van der Waals surface area (Å²) in [5.74, 6) is -1.35. The van der Waals surface area contributed by atoms with E-state index in [0.29, 0.717) is 19.4 Å². The third-order valence-corrected chi connectivity index (χ3v) is 6.09. The Labute approximate surface area is 157 Å². The molecule has 0 N–H and O–H groups in total. The molecule has 10 heteroatoms. The molecule has 0 aliphatic carbocycles. The fourth-order valence-electron chi connectivity index (χ4n) is 2.90. The van der Waals surface area contributed by atoms with Crippen molar-refractivity contribution >= 4 is 27.4 Å². The summed E-state index contributed by atoms with van der Waals surface area (Å²) in [7, 11) is -3.15. The molecule has 2 rings (SSSR count). The number of nitro groups is 1. The lowest BCUT2D eigenvalue weighted by atomic mass is 10.2. The van der Waals surface area contributed by atoms with Gasteiger partial charge in [-0.25, -0.2) is 13.2 Å². The lowest BCUT2D eigenvalue weighted by Gasteiger charge is -2.28. The fraction of sp³-hybridized carbons (Fsp3) is 0.529. The van der Waals surface area contributed by atoms with Gasteiger partial charge in [0.15, 0.2) is 16.4 Å². The maximum absolute atomic E-state index is 12.5. The number of hydrogen-bond donors (Lipinski definition) is 0. The van der Waals surface area contributed by atoms with Gasteiger partial charge in [0.25, 0.3) is 11.6 Å². The van der Waals surface area contributed by atoms with Crippen LogP contribution in [0.1, 0.15) is 36.5 Å². The van der Waals surface area contributed by atoms with E-state index in [4.69, 9.17) is 4.74 Å². The quantitative estimate of drug-likeness (QED) is 0.370. The minimum atomic E-state index is -3.15. The number of esters is 1. The van der Waals surface area contributed by atoms with E-state index in [0.717, 1.165) is 12.5 Å². The van der Waals surface area contributed by atoms with Crippen molar-refractivity contribution in [3.8, 4) is 0 Å². The first-order chi connectivity index (χ1) is 12.7. The molecule has 1 atom stereocenters. The molecule has 27 heavy (non-hydrogen) atoms. The van der Waals surface area contributed by atoms with Gasteiger partial charge in [-0.05, 0) is 18.9 Å². The van der Waals surface area contributed by atoms with Gasteiger partial charge in [0.1, 0.15) is 0 Å². The lowest BCUT2D eigenvalue weighted by molar-refractivity contribution is -0.384. The molecule has 1 aliphatic rings. The number of carbonyl (C=O) groups excluding carboxylic acids is 2. The van der Waals surface area contributed by atoms with Gasteiger partial charge >= 0.3 is 5.97 Å². The molecule has 9 nitrogen and oxygen atoms in total. The SMILES string of the molecule is CCCCN(C(=O)COC(=O)c1cccc([N+](=O)[O-])c1)[C@@H]1CCS(=O)(=O)C1. The van der Waals surface area contributed by atoms with Crippen molar-refractivity contribution in [3.05, 3.63) is 39.9 Å². The second kappa shape index (κ2) is 8.94. The predicted molar refractivity (Wildman–Crippen MR) is 97.1 cm³/mol. The van der Waals surface area contributed by atoms with Crippen LogP contribution >= 0.6 is 0 Å². The van der Waals surface area contributed by atoms with Crippen molar-refractivity contribution in [2.24, 2.45) is 0 Å². The first kappa shape index (κ1) is 20.8. The molecule has 0 spiro atoms. The van der Waals surface area contributed by atoms with Gasteiger partial charge in [-0.1, -0.05) is 19.4 Å². The number of amides is 1. The maximum atomic E-state index is 12.5. The molecule has 0 bridgehead atoms. The molecule has 1 fully saturated rings. The zero-order valence-electron chi connectivity index (χ0n) is 15.0. The van der Waals surface area contributed by atoms with Gasteiger partial charge in [-0.15, -0.1) is 0 Å². The number of non-ortho nitro benzene ring substituents is 1. The van der Waals surface area contributed by atoms with Crippen LogP contribution in [0.25, 0.3) is 0 Å². The molecule has 1 heterocycles. The molecule has 1 aromatic carbocycles. The topological polar surface area (TPSA) is 124 Å². The highest BCUT2D eigenvalue weighted by atomic mass is 32.2. The van der Waals surface area contributed by atoms with Crippen LogP contribution in [0, 0.1) is 10.1 Å². The molecule has 0 aromatic heterocycles. The van der Waals surface area contributed by atoms with E-state index in [1.165, 1.54) is 23.1 Å². The van der Waals surface area contributed by atoms with Crippen molar-refractivity contribution in [3.63, 3.8) is 0 Å². The van der Waals surface area contributed by atoms with Crippen LogP contribution in [0.4, 0.5) is 5.69 Å². The van der Waals surface area contributed by atoms with E-state index in [1.807, 2.05) is 6.92 Å². The van der Waals surface area contributed by atoms with Crippen LogP contribution in [0.15, 0.2) is 24.3 Å². The highest BCUT2D eigenvalue weighted by Crippen LogP contribution is 2.19. The fourth-order valence-corrected chi connectivity index (χ4v) is 4.63. The average Bonchev–Trinajstić information content (AvgIpc) is 2.99. The third kappa shape index (κ3) is 5.75. The number of carbonyl (C=O) groups is 2. The zero-order valence-corrected chi connectivity index (χ0v) is 15.8. The lowest BCUT2D eigenvalue weighted by Crippen LogP contribution is -2.43. The van der Waals surface area contributed by atoms with Crippen molar-refractivity contribution in [2.45, 2.75) is 32.2 Å². The minimum absolute atomic E-state index is 0.0273. The first-order valence-corrected chi connectivity index (χ1v) is 10.5. The van der Waals surface area contributed by atoms with E-state index >= 15 is 0 Å². The van der Waals surface area contributed by atoms with Gasteiger partial charge < -0.3 is 9.64 Å². The highest BCUT2D eigenvalue weighted by molar-refractivity contribution is 7.91. The normalized spacial score (nSPS) is 18.0. The summed E-state index contributed by atoms with van der Waals surface area (Å²) >= 11 is 0. The van der Waals surface area contributed by atoms with Crippen LogP contribution < -0.4 is 0 Å². The van der Waals surface area contributed by atoms with Crippen LogP contribution in [0.5, 0.6) is 0 Å². The van der Waals surface area contributed by atoms with Gasteiger partial charge in [0, 0.05) is 24.7 Å². The Hall–Kier alpha value is -2.49. The van der Waals surface area contributed by atoms with E-state index in [-0.39, 0.29) is 22.8 Å². The molecule has 0 radical (unpaired) electrons. The zero-order chi connectivity index (χ0) is 20.0. The standard InChI is InChI=1S/C17H22N2O7S/c1-2-3-8-18(15-7-9-27(24,25)12-15)16(20)11-26-17(21)13-5-4-6-14(10-13)19(22)23/h4-6,10,15H,2-3,7-9,11-12H2,1H3/t15-/m1/s1. The smallest absolute Gasteiger partial charge is 0.338 e. The molecule has 1 aliphatic heterocycles. The summed E-state index contributed by atoms with van der Waals surface area (Å²) in [5, 5.41) is 10.8. The summed E-state index contributed by atoms with van der Waals surface area (Å²) in [6.45, 7) is 1.81. The molecular weight excluding hydrogens is 376 g/mol. The average molecular weight is 398 g/mol. The van der Waals surface area contributed by atoms with Crippen LogP contribution in [-0.2, 0) is 19.4 Å². The number of nitro benzene ring substituents is 1. The Bertz CT molecular complexity index is 822. The van der Waals surface area contributed by atoms with E-state index in [1.54, 1.807) is 0 Å². The van der Waals surface area contributed by atoms with Gasteiger partial charge in [-0.2, -0.15) is 0 Å². The van der Waals surface area contributed by atoms with Crippen molar-refractivity contribution in [1.82, 2.24) is 4.90 Å². The Morgan fingerprint density at radius 3 is 2.70 bits per heavy atom. The second-order valence-electron chi connectivity index (χ2n) is 6.38. The van der Waals surface area contributed by atoms with E-state index in [2.05, 4.69) is 0 Å². The molecule has 0 saturated carbocycles. The Balaban J connectivity index is 2.01. The number of nitrogens with zero attached hydrogens (tertiary/aromatic N) is 2. The summed E-state index contributed by atoms with van der Waals surface area (Å²) < 4.78 is 28.4. The summed E-state index contributed by atoms with van der Waals surface area (Å²) in [5.41, 5.74) is -0.280. The molecule has 148 valence electrons. The van der Waals surface area contributed by atoms with Crippen LogP contribution in [-0.4, -0.2) is 60.8 Å². The number of benzene rings is 1. The molecule has 1 aromatic rings. The van der Waals surface area contributed by atoms with Crippen molar-refractivity contribution in [1.29, 1.82) is 0 Å². The number of rotatable bonds is 8. The summed E-state index contributed by atoms with van der Waals surface area (Å²) in [4.78, 5) is 36.2. The monoisotopic (exact) mass is 398 g/mol. The Kier molecular flexibility index (Phi) is 6.89. The number of ether oxygens (including phenoxy) is 1. The predicted octanol–water partition coefficient (Wildman–Crippen LogP) is 1.57. The van der Waals surface area contributed by atoms with Crippen molar-refractivity contribution in [2.75, 3.05) is 24.7 Å². The van der Waals surface area contributed by atoms with Crippen LogP contribution in [0.2, 0.25) is 0 Å². The summed E-state index contributed by atoms with van der Waals surface area (Å²) in [6, 6.07) is 4.62. The second-order valence-corrected chi connectivity index (χ2v) is 8.61. The summed E-state index contributed by atoms with van der Waals surface area (Å²) in [6.07, 6.45) is 1.91. The minimum Gasteiger partial charge on any atom is -0.452 e.